The first-order chi connectivity index (χ1) is 9.81. The molecule has 0 bridgehead atoms. The van der Waals surface area contributed by atoms with Crippen molar-refractivity contribution in [1.29, 1.82) is 0 Å². The van der Waals surface area contributed by atoms with Crippen LogP contribution < -0.4 is 5.32 Å². The van der Waals surface area contributed by atoms with Crippen molar-refractivity contribution < 1.29 is 0 Å². The van der Waals surface area contributed by atoms with E-state index in [1.54, 1.807) is 11.2 Å². The molecule has 2 aliphatic carbocycles. The summed E-state index contributed by atoms with van der Waals surface area (Å²) in [7, 11) is 0. The standard InChI is InChI=1S/C16H21N3S/c1-10-5-7-11(8-6-10)19-15-14-12-3-2-4-13(12)20-16(14)18-9-17-15/h9-11H,2-8H2,1H3,(H,17,18,19). The fraction of sp³-hybridized carbons (Fsp3) is 0.625. The van der Waals surface area contributed by atoms with E-state index in [9.17, 15) is 0 Å². The minimum absolute atomic E-state index is 0.598. The summed E-state index contributed by atoms with van der Waals surface area (Å²) in [5.41, 5.74) is 1.53. The Morgan fingerprint density at radius 2 is 2.00 bits per heavy atom. The second kappa shape index (κ2) is 4.99. The second-order valence-electron chi connectivity index (χ2n) is 6.36. The Hall–Kier alpha value is -1.16. The van der Waals surface area contributed by atoms with Gasteiger partial charge in [-0.15, -0.1) is 11.3 Å². The second-order valence-corrected chi connectivity index (χ2v) is 7.44. The van der Waals surface area contributed by atoms with Crippen LogP contribution in [0.5, 0.6) is 0 Å². The summed E-state index contributed by atoms with van der Waals surface area (Å²) >= 11 is 1.87. The van der Waals surface area contributed by atoms with Gasteiger partial charge in [0, 0.05) is 10.9 Å². The van der Waals surface area contributed by atoms with Crippen molar-refractivity contribution >= 4 is 27.4 Å². The molecule has 2 heterocycles. The van der Waals surface area contributed by atoms with Crippen LogP contribution in [0.4, 0.5) is 5.82 Å². The molecule has 0 radical (unpaired) electrons. The third-order valence-corrected chi connectivity index (χ3v) is 6.06. The number of nitrogens with zero attached hydrogens (tertiary/aromatic N) is 2. The first-order valence-electron chi connectivity index (χ1n) is 7.83. The van der Waals surface area contributed by atoms with E-state index in [0.29, 0.717) is 6.04 Å². The highest BCUT2D eigenvalue weighted by Crippen LogP contribution is 2.39. The third-order valence-electron chi connectivity index (χ3n) is 4.86. The van der Waals surface area contributed by atoms with E-state index in [1.807, 2.05) is 11.3 Å². The molecule has 2 aliphatic rings. The van der Waals surface area contributed by atoms with Crippen LogP contribution >= 0.6 is 11.3 Å². The van der Waals surface area contributed by atoms with Crippen LogP contribution in [-0.4, -0.2) is 16.0 Å². The van der Waals surface area contributed by atoms with Crippen molar-refractivity contribution in [3.05, 3.63) is 16.8 Å². The summed E-state index contributed by atoms with van der Waals surface area (Å²) < 4.78 is 0. The van der Waals surface area contributed by atoms with Crippen LogP contribution in [0, 0.1) is 5.92 Å². The summed E-state index contributed by atoms with van der Waals surface area (Å²) in [6, 6.07) is 0.598. The van der Waals surface area contributed by atoms with E-state index in [-0.39, 0.29) is 0 Å². The van der Waals surface area contributed by atoms with E-state index in [0.717, 1.165) is 11.7 Å². The molecule has 0 amide bonds. The lowest BCUT2D eigenvalue weighted by molar-refractivity contribution is 0.361. The molecule has 4 heteroatoms. The summed E-state index contributed by atoms with van der Waals surface area (Å²) in [5, 5.41) is 5.04. The van der Waals surface area contributed by atoms with Gasteiger partial charge >= 0.3 is 0 Å². The zero-order valence-corrected chi connectivity index (χ0v) is 12.8. The fourth-order valence-corrected chi connectivity index (χ4v) is 4.86. The first kappa shape index (κ1) is 12.6. The molecule has 0 unspecified atom stereocenters. The maximum atomic E-state index is 4.55. The van der Waals surface area contributed by atoms with Crippen molar-refractivity contribution in [1.82, 2.24) is 9.97 Å². The third kappa shape index (κ3) is 2.10. The average molecular weight is 287 g/mol. The topological polar surface area (TPSA) is 37.8 Å². The number of thiophene rings is 1. The van der Waals surface area contributed by atoms with E-state index in [1.165, 1.54) is 60.7 Å². The first-order valence-corrected chi connectivity index (χ1v) is 8.64. The molecular weight excluding hydrogens is 266 g/mol. The van der Waals surface area contributed by atoms with Crippen molar-refractivity contribution in [2.75, 3.05) is 5.32 Å². The zero-order chi connectivity index (χ0) is 13.5. The fourth-order valence-electron chi connectivity index (χ4n) is 3.64. The molecule has 4 rings (SSSR count). The molecule has 2 aromatic rings. The molecule has 0 aliphatic heterocycles. The quantitative estimate of drug-likeness (QED) is 0.900. The number of hydrogen-bond donors (Lipinski definition) is 1. The van der Waals surface area contributed by atoms with E-state index in [4.69, 9.17) is 0 Å². The van der Waals surface area contributed by atoms with Gasteiger partial charge < -0.3 is 5.32 Å². The highest BCUT2D eigenvalue weighted by molar-refractivity contribution is 7.19. The predicted molar refractivity (Wildman–Crippen MR) is 84.5 cm³/mol. The molecular formula is C16H21N3S. The maximum absolute atomic E-state index is 4.55. The molecule has 0 atom stereocenters. The molecule has 0 aromatic carbocycles. The lowest BCUT2D eigenvalue weighted by Crippen LogP contribution is -2.25. The molecule has 2 aromatic heterocycles. The van der Waals surface area contributed by atoms with Gasteiger partial charge in [0.15, 0.2) is 0 Å². The Bertz CT molecular complexity index is 626. The van der Waals surface area contributed by atoms with Gasteiger partial charge in [-0.25, -0.2) is 9.97 Å². The van der Waals surface area contributed by atoms with Gasteiger partial charge in [-0.3, -0.25) is 0 Å². The molecule has 1 saturated carbocycles. The van der Waals surface area contributed by atoms with Crippen LogP contribution in [0.2, 0.25) is 0 Å². The van der Waals surface area contributed by atoms with E-state index >= 15 is 0 Å². The van der Waals surface area contributed by atoms with Gasteiger partial charge in [0.05, 0.1) is 5.39 Å². The van der Waals surface area contributed by atoms with Gasteiger partial charge in [-0.1, -0.05) is 6.92 Å². The lowest BCUT2D eigenvalue weighted by Gasteiger charge is -2.27. The van der Waals surface area contributed by atoms with Crippen LogP contribution in [0.1, 0.15) is 49.5 Å². The summed E-state index contributed by atoms with van der Waals surface area (Å²) in [4.78, 5) is 11.8. The van der Waals surface area contributed by atoms with Crippen molar-refractivity contribution in [2.45, 2.75) is 57.9 Å². The average Bonchev–Trinajstić information content (AvgIpc) is 3.02. The van der Waals surface area contributed by atoms with Gasteiger partial charge in [-0.2, -0.15) is 0 Å². The van der Waals surface area contributed by atoms with E-state index < -0.39 is 0 Å². The number of anilines is 1. The number of hydrogen-bond acceptors (Lipinski definition) is 4. The largest absolute Gasteiger partial charge is 0.367 e. The van der Waals surface area contributed by atoms with Gasteiger partial charge in [-0.05, 0) is 56.4 Å². The van der Waals surface area contributed by atoms with Crippen LogP contribution in [-0.2, 0) is 12.8 Å². The summed E-state index contributed by atoms with van der Waals surface area (Å²) in [6.07, 6.45) is 10.7. The molecule has 1 N–H and O–H groups in total. The lowest BCUT2D eigenvalue weighted by atomic mass is 9.87. The van der Waals surface area contributed by atoms with E-state index in [2.05, 4.69) is 22.2 Å². The minimum Gasteiger partial charge on any atom is -0.367 e. The number of aromatic nitrogens is 2. The predicted octanol–water partition coefficient (Wildman–Crippen LogP) is 4.17. The van der Waals surface area contributed by atoms with Gasteiger partial charge in [0.2, 0.25) is 0 Å². The van der Waals surface area contributed by atoms with Gasteiger partial charge in [0.25, 0.3) is 0 Å². The van der Waals surface area contributed by atoms with Crippen LogP contribution in [0.3, 0.4) is 0 Å². The minimum atomic E-state index is 0.598. The zero-order valence-electron chi connectivity index (χ0n) is 12.0. The number of fused-ring (bicyclic) bond motifs is 3. The highest BCUT2D eigenvalue weighted by atomic mass is 32.1. The highest BCUT2D eigenvalue weighted by Gasteiger charge is 2.23. The normalized spacial score (nSPS) is 25.9. The Kier molecular flexibility index (Phi) is 3.14. The maximum Gasteiger partial charge on any atom is 0.138 e. The Labute approximate surface area is 123 Å². The Morgan fingerprint density at radius 1 is 1.15 bits per heavy atom. The number of rotatable bonds is 2. The van der Waals surface area contributed by atoms with Crippen LogP contribution in [0.25, 0.3) is 10.2 Å². The SMILES string of the molecule is CC1CCC(Nc2ncnc3sc4c(c23)CCC4)CC1. The molecule has 0 saturated heterocycles. The van der Waals surface area contributed by atoms with Gasteiger partial charge in [0.1, 0.15) is 17.0 Å². The Morgan fingerprint density at radius 3 is 2.85 bits per heavy atom. The summed E-state index contributed by atoms with van der Waals surface area (Å²) in [5.74, 6) is 1.98. The molecule has 1 fully saturated rings. The molecule has 3 nitrogen and oxygen atoms in total. The smallest absolute Gasteiger partial charge is 0.138 e. The number of nitrogens with one attached hydrogen (secondary N) is 1. The van der Waals surface area contributed by atoms with Crippen molar-refractivity contribution in [3.63, 3.8) is 0 Å². The summed E-state index contributed by atoms with van der Waals surface area (Å²) in [6.45, 7) is 2.37. The molecule has 106 valence electrons. The van der Waals surface area contributed by atoms with Crippen LogP contribution in [0.15, 0.2) is 6.33 Å². The monoisotopic (exact) mass is 287 g/mol. The number of aryl methyl sites for hydroxylation is 2. The molecule has 20 heavy (non-hydrogen) atoms. The van der Waals surface area contributed by atoms with Crippen molar-refractivity contribution in [3.8, 4) is 0 Å². The Balaban J connectivity index is 1.66. The van der Waals surface area contributed by atoms with Crippen molar-refractivity contribution in [2.24, 2.45) is 5.92 Å². The molecule has 0 spiro atoms.